The van der Waals surface area contributed by atoms with E-state index in [1.54, 1.807) is 18.5 Å². The molecule has 1 fully saturated rings. The van der Waals surface area contributed by atoms with Crippen LogP contribution in [0.4, 0.5) is 11.8 Å². The molecule has 3 aromatic heterocycles. The van der Waals surface area contributed by atoms with Gasteiger partial charge in [0.1, 0.15) is 11.5 Å². The molecule has 1 saturated carbocycles. The summed E-state index contributed by atoms with van der Waals surface area (Å²) in [7, 11) is 0. The first kappa shape index (κ1) is 15.3. The summed E-state index contributed by atoms with van der Waals surface area (Å²) in [5.74, 6) is 1.11. The first-order valence-corrected chi connectivity index (χ1v) is 8.77. The van der Waals surface area contributed by atoms with Crippen molar-refractivity contribution < 1.29 is 0 Å². The summed E-state index contributed by atoms with van der Waals surface area (Å²) < 4.78 is 2.37. The standard InChI is InChI=1S/C17H16BrN5O/c18-13-9-11-10-20-17(21-14-7-3-4-8-19-14)22-15(11)23(16(13)24)12-5-1-2-6-12/h3-4,7-10,12H,1-2,5-6H2,(H,19,20,21,22). The molecule has 3 aromatic rings. The molecule has 6 nitrogen and oxygen atoms in total. The van der Waals surface area contributed by atoms with Crippen molar-refractivity contribution in [3.63, 3.8) is 0 Å². The van der Waals surface area contributed by atoms with E-state index in [4.69, 9.17) is 0 Å². The van der Waals surface area contributed by atoms with Gasteiger partial charge in [0, 0.05) is 23.8 Å². The molecule has 3 heterocycles. The van der Waals surface area contributed by atoms with Gasteiger partial charge >= 0.3 is 0 Å². The van der Waals surface area contributed by atoms with Crippen molar-refractivity contribution in [2.24, 2.45) is 0 Å². The molecule has 7 heteroatoms. The first-order valence-electron chi connectivity index (χ1n) is 7.98. The first-order chi connectivity index (χ1) is 11.7. The summed E-state index contributed by atoms with van der Waals surface area (Å²) >= 11 is 3.37. The number of nitrogens with zero attached hydrogens (tertiary/aromatic N) is 4. The molecule has 0 aliphatic heterocycles. The van der Waals surface area contributed by atoms with Gasteiger partial charge < -0.3 is 5.32 Å². The molecule has 0 aromatic carbocycles. The SMILES string of the molecule is O=c1c(Br)cc2cnc(Nc3ccccn3)nc2n1C1CCCC1. The van der Waals surface area contributed by atoms with Gasteiger partial charge in [-0.05, 0) is 47.0 Å². The lowest BCUT2D eigenvalue weighted by Crippen LogP contribution is -2.25. The van der Waals surface area contributed by atoms with Crippen LogP contribution in [-0.4, -0.2) is 19.5 Å². The van der Waals surface area contributed by atoms with Crippen molar-refractivity contribution >= 4 is 38.7 Å². The van der Waals surface area contributed by atoms with E-state index in [-0.39, 0.29) is 11.6 Å². The molecule has 0 amide bonds. The molecule has 0 unspecified atom stereocenters. The number of nitrogens with one attached hydrogen (secondary N) is 1. The van der Waals surface area contributed by atoms with Crippen LogP contribution in [0.15, 0.2) is 45.9 Å². The quantitative estimate of drug-likeness (QED) is 0.741. The topological polar surface area (TPSA) is 72.7 Å². The third-order valence-corrected chi connectivity index (χ3v) is 4.89. The second kappa shape index (κ2) is 6.32. The van der Waals surface area contributed by atoms with Crippen LogP contribution in [0.1, 0.15) is 31.7 Å². The summed E-state index contributed by atoms with van der Waals surface area (Å²) in [4.78, 5) is 25.8. The van der Waals surface area contributed by atoms with Gasteiger partial charge in [-0.2, -0.15) is 4.98 Å². The van der Waals surface area contributed by atoms with E-state index in [1.165, 1.54) is 0 Å². The second-order valence-electron chi connectivity index (χ2n) is 5.92. The minimum Gasteiger partial charge on any atom is -0.309 e. The predicted molar refractivity (Wildman–Crippen MR) is 96.5 cm³/mol. The molecule has 1 N–H and O–H groups in total. The van der Waals surface area contributed by atoms with Crippen LogP contribution in [-0.2, 0) is 0 Å². The molecule has 1 aliphatic rings. The molecular formula is C17H16BrN5O. The van der Waals surface area contributed by atoms with Crippen LogP contribution >= 0.6 is 15.9 Å². The number of rotatable bonds is 3. The van der Waals surface area contributed by atoms with Crippen LogP contribution < -0.4 is 10.9 Å². The van der Waals surface area contributed by atoms with E-state index >= 15 is 0 Å². The maximum atomic E-state index is 12.7. The zero-order valence-corrected chi connectivity index (χ0v) is 14.5. The van der Waals surface area contributed by atoms with Gasteiger partial charge in [0.25, 0.3) is 5.56 Å². The van der Waals surface area contributed by atoms with E-state index in [0.717, 1.165) is 31.1 Å². The average molecular weight is 386 g/mol. The van der Waals surface area contributed by atoms with Crippen molar-refractivity contribution in [3.8, 4) is 0 Å². The van der Waals surface area contributed by atoms with Crippen molar-refractivity contribution in [2.45, 2.75) is 31.7 Å². The highest BCUT2D eigenvalue weighted by atomic mass is 79.9. The summed E-state index contributed by atoms with van der Waals surface area (Å²) in [6.07, 6.45) is 7.76. The highest BCUT2D eigenvalue weighted by Crippen LogP contribution is 2.31. The number of pyridine rings is 2. The van der Waals surface area contributed by atoms with Crippen LogP contribution in [0.2, 0.25) is 0 Å². The maximum Gasteiger partial charge on any atom is 0.266 e. The smallest absolute Gasteiger partial charge is 0.266 e. The molecule has 1 aliphatic carbocycles. The number of anilines is 2. The molecule has 24 heavy (non-hydrogen) atoms. The van der Waals surface area contributed by atoms with E-state index < -0.39 is 0 Å². The normalized spacial score (nSPS) is 15.0. The Kier molecular flexibility index (Phi) is 4.02. The third-order valence-electron chi connectivity index (χ3n) is 4.32. The minimum absolute atomic E-state index is 0.0307. The Morgan fingerprint density at radius 2 is 2.04 bits per heavy atom. The Morgan fingerprint density at radius 1 is 1.21 bits per heavy atom. The fraction of sp³-hybridized carbons (Fsp3) is 0.294. The van der Waals surface area contributed by atoms with Crippen LogP contribution in [0.3, 0.4) is 0 Å². The average Bonchev–Trinajstić information content (AvgIpc) is 3.11. The molecular weight excluding hydrogens is 370 g/mol. The number of halogens is 1. The van der Waals surface area contributed by atoms with Crippen molar-refractivity contribution in [2.75, 3.05) is 5.32 Å². The maximum absolute atomic E-state index is 12.7. The minimum atomic E-state index is -0.0307. The van der Waals surface area contributed by atoms with E-state index in [9.17, 15) is 4.79 Å². The second-order valence-corrected chi connectivity index (χ2v) is 6.77. The fourth-order valence-electron chi connectivity index (χ4n) is 3.20. The summed E-state index contributed by atoms with van der Waals surface area (Å²) in [5, 5.41) is 3.93. The van der Waals surface area contributed by atoms with Gasteiger partial charge in [0.05, 0.1) is 4.47 Å². The van der Waals surface area contributed by atoms with Gasteiger partial charge in [0.2, 0.25) is 5.95 Å². The summed E-state index contributed by atoms with van der Waals surface area (Å²) in [5.41, 5.74) is 0.639. The van der Waals surface area contributed by atoms with Crippen LogP contribution in [0, 0.1) is 0 Å². The van der Waals surface area contributed by atoms with Gasteiger partial charge in [0.15, 0.2) is 0 Å². The molecule has 122 valence electrons. The van der Waals surface area contributed by atoms with Crippen LogP contribution in [0.25, 0.3) is 11.0 Å². The molecule has 0 spiro atoms. The Hall–Kier alpha value is -2.28. The monoisotopic (exact) mass is 385 g/mol. The number of fused-ring (bicyclic) bond motifs is 1. The Balaban J connectivity index is 1.84. The summed E-state index contributed by atoms with van der Waals surface area (Å²) in [6, 6.07) is 7.58. The Morgan fingerprint density at radius 3 is 2.79 bits per heavy atom. The van der Waals surface area contributed by atoms with Gasteiger partial charge in [-0.3, -0.25) is 9.36 Å². The predicted octanol–water partition coefficient (Wildman–Crippen LogP) is 3.81. The number of hydrogen-bond acceptors (Lipinski definition) is 5. The van der Waals surface area contributed by atoms with E-state index in [0.29, 0.717) is 21.9 Å². The molecule has 4 rings (SSSR count). The van der Waals surface area contributed by atoms with Crippen molar-refractivity contribution in [1.82, 2.24) is 19.5 Å². The van der Waals surface area contributed by atoms with Gasteiger partial charge in [-0.25, -0.2) is 9.97 Å². The lowest BCUT2D eigenvalue weighted by Gasteiger charge is -2.17. The highest BCUT2D eigenvalue weighted by Gasteiger charge is 2.22. The highest BCUT2D eigenvalue weighted by molar-refractivity contribution is 9.10. The zero-order valence-electron chi connectivity index (χ0n) is 12.9. The Bertz CT molecular complexity index is 935. The molecule has 0 bridgehead atoms. The lowest BCUT2D eigenvalue weighted by atomic mass is 10.2. The van der Waals surface area contributed by atoms with E-state index in [2.05, 4.69) is 36.2 Å². The number of aromatic nitrogens is 4. The largest absolute Gasteiger partial charge is 0.309 e. The Labute approximate surface area is 147 Å². The van der Waals surface area contributed by atoms with E-state index in [1.807, 2.05) is 22.8 Å². The van der Waals surface area contributed by atoms with Gasteiger partial charge in [-0.1, -0.05) is 18.9 Å². The van der Waals surface area contributed by atoms with Crippen molar-refractivity contribution in [1.29, 1.82) is 0 Å². The van der Waals surface area contributed by atoms with Crippen LogP contribution in [0.5, 0.6) is 0 Å². The van der Waals surface area contributed by atoms with Crippen molar-refractivity contribution in [3.05, 3.63) is 51.5 Å². The number of hydrogen-bond donors (Lipinski definition) is 1. The summed E-state index contributed by atoms with van der Waals surface area (Å²) in [6.45, 7) is 0. The third kappa shape index (κ3) is 2.80. The molecule has 0 radical (unpaired) electrons. The lowest BCUT2D eigenvalue weighted by molar-refractivity contribution is 0.514. The van der Waals surface area contributed by atoms with Gasteiger partial charge in [-0.15, -0.1) is 0 Å². The fourth-order valence-corrected chi connectivity index (χ4v) is 3.64. The molecule has 0 atom stereocenters. The molecule has 0 saturated heterocycles. The zero-order chi connectivity index (χ0) is 16.5.